The van der Waals surface area contributed by atoms with E-state index in [1.54, 1.807) is 13.0 Å². The monoisotopic (exact) mass is 296 g/mol. The highest BCUT2D eigenvalue weighted by molar-refractivity contribution is 6.07. The number of amides is 1. The normalized spacial score (nSPS) is 11.8. The summed E-state index contributed by atoms with van der Waals surface area (Å²) in [5, 5.41) is 2.86. The van der Waals surface area contributed by atoms with Gasteiger partial charge in [-0.05, 0) is 37.1 Å². The van der Waals surface area contributed by atoms with Crippen molar-refractivity contribution in [3.05, 3.63) is 65.2 Å². The smallest absolute Gasteiger partial charge is 0.256 e. The Morgan fingerprint density at radius 3 is 2.41 bits per heavy atom. The Kier molecular flexibility index (Phi) is 5.07. The molecule has 22 heavy (non-hydrogen) atoms. The number of rotatable bonds is 5. The molecule has 0 radical (unpaired) electrons. The molecule has 0 saturated heterocycles. The molecule has 1 atom stereocenters. The van der Waals surface area contributed by atoms with Crippen LogP contribution in [0, 0.1) is 6.92 Å². The van der Waals surface area contributed by atoms with Crippen molar-refractivity contribution in [2.75, 3.05) is 5.32 Å². The van der Waals surface area contributed by atoms with Crippen molar-refractivity contribution in [1.82, 2.24) is 0 Å². The molecule has 0 spiro atoms. The van der Waals surface area contributed by atoms with Crippen molar-refractivity contribution in [2.45, 2.75) is 26.3 Å². The molecule has 0 heterocycles. The van der Waals surface area contributed by atoms with Gasteiger partial charge in [0.2, 0.25) is 0 Å². The summed E-state index contributed by atoms with van der Waals surface area (Å²) < 4.78 is 0. The molecule has 0 saturated carbocycles. The number of aryl methyl sites for hydroxylation is 1. The van der Waals surface area contributed by atoms with Crippen molar-refractivity contribution in [3.63, 3.8) is 0 Å². The molecule has 3 N–H and O–H groups in total. The zero-order valence-electron chi connectivity index (χ0n) is 12.8. The second kappa shape index (κ2) is 7.00. The van der Waals surface area contributed by atoms with Crippen molar-refractivity contribution in [3.8, 4) is 0 Å². The molecule has 0 aliphatic carbocycles. The minimum atomic E-state index is -0.537. The average Bonchev–Trinajstić information content (AvgIpc) is 2.48. The van der Waals surface area contributed by atoms with Gasteiger partial charge in [-0.15, -0.1) is 0 Å². The molecule has 1 amide bonds. The van der Waals surface area contributed by atoms with Gasteiger partial charge in [0.15, 0.2) is 5.78 Å². The maximum atomic E-state index is 12.6. The summed E-state index contributed by atoms with van der Waals surface area (Å²) in [6, 6.07) is 14.2. The van der Waals surface area contributed by atoms with Gasteiger partial charge in [-0.3, -0.25) is 9.59 Å². The Morgan fingerprint density at radius 1 is 1.09 bits per heavy atom. The van der Waals surface area contributed by atoms with Crippen LogP contribution in [0.4, 0.5) is 5.69 Å². The van der Waals surface area contributed by atoms with Gasteiger partial charge in [-0.25, -0.2) is 0 Å². The van der Waals surface area contributed by atoms with Crippen LogP contribution in [0.2, 0.25) is 0 Å². The lowest BCUT2D eigenvalue weighted by Gasteiger charge is -2.13. The second-order valence-electron chi connectivity index (χ2n) is 5.36. The number of ketones is 1. The van der Waals surface area contributed by atoms with Crippen LogP contribution in [0.5, 0.6) is 0 Å². The highest BCUT2D eigenvalue weighted by Gasteiger charge is 2.18. The van der Waals surface area contributed by atoms with Crippen LogP contribution in [0.15, 0.2) is 48.5 Å². The van der Waals surface area contributed by atoms with Gasteiger partial charge in [0.1, 0.15) is 0 Å². The predicted molar refractivity (Wildman–Crippen MR) is 87.9 cm³/mol. The van der Waals surface area contributed by atoms with E-state index in [-0.39, 0.29) is 18.1 Å². The molecule has 0 aliphatic heterocycles. The molecular formula is C18H20N2O2. The minimum Gasteiger partial charge on any atom is -0.322 e. The fourth-order valence-electron chi connectivity index (χ4n) is 2.26. The van der Waals surface area contributed by atoms with Crippen LogP contribution in [0.25, 0.3) is 0 Å². The molecule has 4 nitrogen and oxygen atoms in total. The summed E-state index contributed by atoms with van der Waals surface area (Å²) >= 11 is 0. The van der Waals surface area contributed by atoms with E-state index < -0.39 is 6.04 Å². The maximum absolute atomic E-state index is 12.6. The summed E-state index contributed by atoms with van der Waals surface area (Å²) in [5.41, 5.74) is 8.43. The Labute approximate surface area is 130 Å². The van der Waals surface area contributed by atoms with E-state index >= 15 is 0 Å². The van der Waals surface area contributed by atoms with Gasteiger partial charge >= 0.3 is 0 Å². The van der Waals surface area contributed by atoms with Crippen LogP contribution in [0.3, 0.4) is 0 Å². The van der Waals surface area contributed by atoms with Crippen LogP contribution in [-0.4, -0.2) is 17.7 Å². The SMILES string of the molecule is Cc1cccc(CC(=O)[C@H](C)N)c1C(=O)Nc1ccccc1. The summed E-state index contributed by atoms with van der Waals surface area (Å²) in [5.74, 6) is -0.295. The first-order valence-electron chi connectivity index (χ1n) is 7.22. The van der Waals surface area contributed by atoms with E-state index in [1.165, 1.54) is 0 Å². The number of anilines is 1. The molecule has 114 valence electrons. The van der Waals surface area contributed by atoms with Crippen LogP contribution in [0.1, 0.15) is 28.4 Å². The number of benzene rings is 2. The highest BCUT2D eigenvalue weighted by Crippen LogP contribution is 2.18. The molecule has 4 heteroatoms. The Bertz CT molecular complexity index is 679. The first kappa shape index (κ1) is 15.9. The number of nitrogens with two attached hydrogens (primary N) is 1. The number of nitrogens with one attached hydrogen (secondary N) is 1. The summed E-state index contributed by atoms with van der Waals surface area (Å²) in [4.78, 5) is 24.5. The lowest BCUT2D eigenvalue weighted by atomic mass is 9.95. The number of hydrogen-bond donors (Lipinski definition) is 2. The number of carbonyl (C=O) groups is 2. The molecular weight excluding hydrogens is 276 g/mol. The second-order valence-corrected chi connectivity index (χ2v) is 5.36. The molecule has 2 rings (SSSR count). The van der Waals surface area contributed by atoms with Crippen LogP contribution in [-0.2, 0) is 11.2 Å². The average molecular weight is 296 g/mol. The van der Waals surface area contributed by atoms with Gasteiger partial charge in [-0.2, -0.15) is 0 Å². The lowest BCUT2D eigenvalue weighted by molar-refractivity contribution is -0.119. The Balaban J connectivity index is 2.29. The third kappa shape index (κ3) is 3.80. The summed E-state index contributed by atoms with van der Waals surface area (Å²) in [7, 11) is 0. The van der Waals surface area contributed by atoms with Gasteiger partial charge in [0, 0.05) is 17.7 Å². The van der Waals surface area contributed by atoms with E-state index in [0.29, 0.717) is 11.1 Å². The standard InChI is InChI=1S/C18H20N2O2/c1-12-7-6-8-14(11-16(21)13(2)19)17(12)18(22)20-15-9-4-3-5-10-15/h3-10,13H,11,19H2,1-2H3,(H,20,22)/t13-/m0/s1. The van der Waals surface area contributed by atoms with Crippen LogP contribution < -0.4 is 11.1 Å². The minimum absolute atomic E-state index is 0.0839. The maximum Gasteiger partial charge on any atom is 0.256 e. The van der Waals surface area contributed by atoms with E-state index in [9.17, 15) is 9.59 Å². The fourth-order valence-corrected chi connectivity index (χ4v) is 2.26. The van der Waals surface area contributed by atoms with E-state index in [0.717, 1.165) is 11.3 Å². The number of hydrogen-bond acceptors (Lipinski definition) is 3. The van der Waals surface area contributed by atoms with Crippen molar-refractivity contribution in [1.29, 1.82) is 0 Å². The fraction of sp³-hybridized carbons (Fsp3) is 0.222. The molecule has 0 aliphatic rings. The van der Waals surface area contributed by atoms with E-state index in [2.05, 4.69) is 5.32 Å². The largest absolute Gasteiger partial charge is 0.322 e. The number of para-hydroxylation sites is 1. The molecule has 2 aromatic rings. The third-order valence-corrected chi connectivity index (χ3v) is 3.49. The number of carbonyl (C=O) groups excluding carboxylic acids is 2. The first-order valence-corrected chi connectivity index (χ1v) is 7.22. The molecule has 0 fully saturated rings. The zero-order valence-corrected chi connectivity index (χ0v) is 12.8. The molecule has 0 aromatic heterocycles. The highest BCUT2D eigenvalue weighted by atomic mass is 16.1. The topological polar surface area (TPSA) is 72.2 Å². The summed E-state index contributed by atoms with van der Waals surface area (Å²) in [6.07, 6.45) is 0.164. The van der Waals surface area contributed by atoms with Crippen molar-refractivity contribution < 1.29 is 9.59 Å². The van der Waals surface area contributed by atoms with Gasteiger partial charge in [-0.1, -0.05) is 36.4 Å². The quantitative estimate of drug-likeness (QED) is 0.891. The molecule has 0 bridgehead atoms. The predicted octanol–water partition coefficient (Wildman–Crippen LogP) is 2.71. The molecule has 0 unspecified atom stereocenters. The van der Waals surface area contributed by atoms with Crippen molar-refractivity contribution in [2.24, 2.45) is 5.73 Å². The first-order chi connectivity index (χ1) is 10.5. The van der Waals surface area contributed by atoms with Gasteiger partial charge < -0.3 is 11.1 Å². The van der Waals surface area contributed by atoms with E-state index in [1.807, 2.05) is 49.4 Å². The Morgan fingerprint density at radius 2 is 1.77 bits per heavy atom. The van der Waals surface area contributed by atoms with Gasteiger partial charge in [0.25, 0.3) is 5.91 Å². The lowest BCUT2D eigenvalue weighted by Crippen LogP contribution is -2.29. The molecule has 2 aromatic carbocycles. The summed E-state index contributed by atoms with van der Waals surface area (Å²) in [6.45, 7) is 3.52. The van der Waals surface area contributed by atoms with Crippen molar-refractivity contribution >= 4 is 17.4 Å². The van der Waals surface area contributed by atoms with E-state index in [4.69, 9.17) is 5.73 Å². The zero-order chi connectivity index (χ0) is 16.1. The third-order valence-electron chi connectivity index (χ3n) is 3.49. The number of Topliss-reactive ketones (excluding diaryl/α,β-unsaturated/α-hetero) is 1. The van der Waals surface area contributed by atoms with Gasteiger partial charge in [0.05, 0.1) is 6.04 Å². The Hall–Kier alpha value is -2.46. The van der Waals surface area contributed by atoms with Crippen LogP contribution >= 0.6 is 0 Å².